The lowest BCUT2D eigenvalue weighted by Crippen LogP contribution is -2.45. The number of rotatable bonds is 4. The second kappa shape index (κ2) is 7.91. The third kappa shape index (κ3) is 4.02. The molecule has 0 bridgehead atoms. The molecule has 0 aliphatic carbocycles. The maximum atomic E-state index is 12.4. The summed E-state index contributed by atoms with van der Waals surface area (Å²) in [7, 11) is 0. The summed E-state index contributed by atoms with van der Waals surface area (Å²) in [6, 6.07) is 9.49. The Morgan fingerprint density at radius 1 is 1.15 bits per heavy atom. The van der Waals surface area contributed by atoms with Gasteiger partial charge in [-0.25, -0.2) is 5.01 Å². The number of amides is 2. The first-order valence-corrected chi connectivity index (χ1v) is 9.99. The van der Waals surface area contributed by atoms with Gasteiger partial charge in [-0.05, 0) is 0 Å². The van der Waals surface area contributed by atoms with Crippen LogP contribution in [0.2, 0.25) is 0 Å². The number of thioether (sulfide) groups is 1. The predicted octanol–water partition coefficient (Wildman–Crippen LogP) is 1.64. The smallest absolute Gasteiger partial charge is 0.274 e. The van der Waals surface area contributed by atoms with E-state index in [9.17, 15) is 9.59 Å². The van der Waals surface area contributed by atoms with Crippen molar-refractivity contribution in [3.63, 3.8) is 0 Å². The van der Waals surface area contributed by atoms with Crippen molar-refractivity contribution in [1.82, 2.24) is 20.0 Å². The zero-order valence-electron chi connectivity index (χ0n) is 14.7. The average molecular weight is 385 g/mol. The van der Waals surface area contributed by atoms with Gasteiger partial charge in [-0.1, -0.05) is 35.5 Å². The molecule has 0 saturated carbocycles. The Balaban J connectivity index is 1.49. The normalized spacial score (nSPS) is 17.8. The van der Waals surface area contributed by atoms with Crippen LogP contribution in [0.3, 0.4) is 0 Å². The maximum Gasteiger partial charge on any atom is 0.274 e. The van der Waals surface area contributed by atoms with E-state index in [2.05, 4.69) is 15.2 Å². The second-order valence-electron chi connectivity index (χ2n) is 6.28. The number of hydrogen-bond donors (Lipinski definition) is 0. The number of hydrazone groups is 1. The highest BCUT2D eigenvalue weighted by Crippen LogP contribution is 2.19. The molecule has 1 aromatic heterocycles. The minimum atomic E-state index is -0.165. The molecule has 27 heavy (non-hydrogen) atoms. The van der Waals surface area contributed by atoms with Gasteiger partial charge < -0.3 is 9.42 Å². The number of carbonyl (C=O) groups is 2. The van der Waals surface area contributed by atoms with Crippen LogP contribution in [-0.4, -0.2) is 68.7 Å². The molecule has 8 nitrogen and oxygen atoms in total. The summed E-state index contributed by atoms with van der Waals surface area (Å²) < 4.78 is 5.34. The van der Waals surface area contributed by atoms with Gasteiger partial charge in [0.05, 0.1) is 0 Å². The summed E-state index contributed by atoms with van der Waals surface area (Å²) >= 11 is 1.83. The quantitative estimate of drug-likeness (QED) is 0.794. The van der Waals surface area contributed by atoms with E-state index in [1.807, 2.05) is 42.1 Å². The van der Waals surface area contributed by atoms with Crippen LogP contribution in [0.1, 0.15) is 18.7 Å². The van der Waals surface area contributed by atoms with Crippen molar-refractivity contribution in [3.05, 3.63) is 36.2 Å². The van der Waals surface area contributed by atoms with Crippen molar-refractivity contribution in [1.29, 1.82) is 0 Å². The van der Waals surface area contributed by atoms with Gasteiger partial charge in [0.25, 0.3) is 5.89 Å². The number of benzene rings is 1. The Bertz CT molecular complexity index is 861. The molecule has 1 aromatic carbocycles. The minimum absolute atomic E-state index is 0.0489. The van der Waals surface area contributed by atoms with Gasteiger partial charge in [0.1, 0.15) is 12.3 Å². The Kier molecular flexibility index (Phi) is 5.19. The van der Waals surface area contributed by atoms with Crippen molar-refractivity contribution in [2.24, 2.45) is 5.10 Å². The molecule has 0 N–H and O–H groups in total. The van der Waals surface area contributed by atoms with Gasteiger partial charge in [-0.15, -0.1) is 0 Å². The summed E-state index contributed by atoms with van der Waals surface area (Å²) in [6.45, 7) is 1.38. The summed E-state index contributed by atoms with van der Waals surface area (Å²) in [5.74, 6) is 2.37. The molecule has 0 spiro atoms. The zero-order chi connectivity index (χ0) is 18.6. The van der Waals surface area contributed by atoms with Crippen molar-refractivity contribution < 1.29 is 14.1 Å². The van der Waals surface area contributed by atoms with E-state index < -0.39 is 0 Å². The number of carbonyl (C=O) groups excluding carboxylic acids is 2. The Labute approximate surface area is 160 Å². The summed E-state index contributed by atoms with van der Waals surface area (Å²) in [5, 5.41) is 9.55. The van der Waals surface area contributed by atoms with Gasteiger partial charge >= 0.3 is 0 Å². The molecule has 1 saturated heterocycles. The molecule has 4 rings (SSSR count). The standard InChI is InChI=1S/C18H19N5O3S/c24-15-7-6-14(18-19-17(21-26-18)13-4-2-1-3-5-13)20-23(15)12-16(25)22-8-10-27-11-9-22/h1-5H,6-12H2. The van der Waals surface area contributed by atoms with Crippen LogP contribution in [0.15, 0.2) is 40.0 Å². The number of nitrogens with zero attached hydrogens (tertiary/aromatic N) is 5. The fraction of sp³-hybridized carbons (Fsp3) is 0.389. The third-order valence-corrected chi connectivity index (χ3v) is 5.40. The van der Waals surface area contributed by atoms with Crippen LogP contribution in [0.4, 0.5) is 0 Å². The molecule has 0 unspecified atom stereocenters. The van der Waals surface area contributed by atoms with E-state index in [4.69, 9.17) is 4.52 Å². The average Bonchev–Trinajstić information content (AvgIpc) is 3.21. The highest BCUT2D eigenvalue weighted by Gasteiger charge is 2.28. The predicted molar refractivity (Wildman–Crippen MR) is 101 cm³/mol. The van der Waals surface area contributed by atoms with Crippen molar-refractivity contribution in [2.75, 3.05) is 31.1 Å². The maximum absolute atomic E-state index is 12.4. The topological polar surface area (TPSA) is 91.9 Å². The SMILES string of the molecule is O=C(CN1N=C(c2nc(-c3ccccc3)no2)CCC1=O)N1CCSCC1. The Hall–Kier alpha value is -2.68. The summed E-state index contributed by atoms with van der Waals surface area (Å²) in [5.41, 5.74) is 1.38. The lowest BCUT2D eigenvalue weighted by Gasteiger charge is -2.29. The largest absolute Gasteiger partial charge is 0.339 e. The molecular weight excluding hydrogens is 366 g/mol. The van der Waals surface area contributed by atoms with Crippen LogP contribution in [0.25, 0.3) is 11.4 Å². The highest BCUT2D eigenvalue weighted by molar-refractivity contribution is 7.99. The van der Waals surface area contributed by atoms with Crippen molar-refractivity contribution in [3.8, 4) is 11.4 Å². The molecule has 2 aliphatic heterocycles. The Morgan fingerprint density at radius 3 is 2.70 bits per heavy atom. The first kappa shape index (κ1) is 17.7. The third-order valence-electron chi connectivity index (χ3n) is 4.46. The van der Waals surface area contributed by atoms with Crippen molar-refractivity contribution in [2.45, 2.75) is 12.8 Å². The molecule has 3 heterocycles. The first-order valence-electron chi connectivity index (χ1n) is 8.83. The van der Waals surface area contributed by atoms with Crippen LogP contribution in [0, 0.1) is 0 Å². The van der Waals surface area contributed by atoms with Crippen LogP contribution in [0.5, 0.6) is 0 Å². The van der Waals surface area contributed by atoms with Crippen molar-refractivity contribution >= 4 is 29.3 Å². The molecular formula is C18H19N5O3S. The van der Waals surface area contributed by atoms with Crippen LogP contribution < -0.4 is 0 Å². The fourth-order valence-corrected chi connectivity index (χ4v) is 3.87. The molecule has 140 valence electrons. The molecule has 2 aromatic rings. The number of aromatic nitrogens is 2. The van der Waals surface area contributed by atoms with Gasteiger partial charge in [0.15, 0.2) is 0 Å². The monoisotopic (exact) mass is 385 g/mol. The van der Waals surface area contributed by atoms with E-state index in [1.165, 1.54) is 5.01 Å². The highest BCUT2D eigenvalue weighted by atomic mass is 32.2. The summed E-state index contributed by atoms with van der Waals surface area (Å²) in [4.78, 5) is 30.8. The molecule has 9 heteroatoms. The fourth-order valence-electron chi connectivity index (χ4n) is 2.97. The van der Waals surface area contributed by atoms with E-state index in [1.54, 1.807) is 4.90 Å². The summed E-state index contributed by atoms with van der Waals surface area (Å²) in [6.07, 6.45) is 0.686. The zero-order valence-corrected chi connectivity index (χ0v) is 15.5. The van der Waals surface area contributed by atoms with E-state index in [0.717, 1.165) is 17.1 Å². The minimum Gasteiger partial charge on any atom is -0.339 e. The van der Waals surface area contributed by atoms with Gasteiger partial charge in [-0.2, -0.15) is 21.8 Å². The molecule has 2 aliphatic rings. The van der Waals surface area contributed by atoms with Gasteiger partial charge in [0.2, 0.25) is 17.6 Å². The first-order chi connectivity index (χ1) is 13.2. The van der Waals surface area contributed by atoms with E-state index in [0.29, 0.717) is 31.0 Å². The van der Waals surface area contributed by atoms with Crippen LogP contribution in [-0.2, 0) is 9.59 Å². The lowest BCUT2D eigenvalue weighted by molar-refractivity contribution is -0.140. The van der Waals surface area contributed by atoms with Crippen LogP contribution >= 0.6 is 11.8 Å². The molecule has 0 atom stereocenters. The Morgan fingerprint density at radius 2 is 1.93 bits per heavy atom. The van der Waals surface area contributed by atoms with E-state index >= 15 is 0 Å². The molecule has 1 fully saturated rings. The molecule has 2 amide bonds. The van der Waals surface area contributed by atoms with Gasteiger partial charge in [-0.3, -0.25) is 9.59 Å². The lowest BCUT2D eigenvalue weighted by atomic mass is 10.1. The second-order valence-corrected chi connectivity index (χ2v) is 7.51. The number of hydrogen-bond acceptors (Lipinski definition) is 7. The molecule has 0 radical (unpaired) electrons. The van der Waals surface area contributed by atoms with E-state index in [-0.39, 0.29) is 30.7 Å². The van der Waals surface area contributed by atoms with Gasteiger partial charge in [0, 0.05) is 43.0 Å².